The van der Waals surface area contributed by atoms with Crippen LogP contribution in [-0.2, 0) is 4.74 Å². The highest BCUT2D eigenvalue weighted by Gasteiger charge is 2.48. The molecule has 12 nitrogen and oxygen atoms in total. The van der Waals surface area contributed by atoms with Crippen LogP contribution in [0, 0.1) is 6.92 Å². The second-order valence-corrected chi connectivity index (χ2v) is 13.6. The molecule has 250 valence electrons. The molecule has 47 heavy (non-hydrogen) atoms. The van der Waals surface area contributed by atoms with Gasteiger partial charge >= 0.3 is 0 Å². The molecule has 3 aliphatic heterocycles. The number of hydrogen-bond acceptors (Lipinski definition) is 11. The van der Waals surface area contributed by atoms with E-state index in [0.717, 1.165) is 63.1 Å². The molecule has 1 atom stereocenters. The monoisotopic (exact) mass is 641 g/mol. The third-order valence-corrected chi connectivity index (χ3v) is 10.3. The summed E-state index contributed by atoms with van der Waals surface area (Å²) in [6.07, 6.45) is 7.92. The lowest BCUT2D eigenvalue weighted by Gasteiger charge is -2.43. The van der Waals surface area contributed by atoms with Gasteiger partial charge in [-0.1, -0.05) is 0 Å². The molecule has 3 saturated heterocycles. The van der Waals surface area contributed by atoms with E-state index in [1.54, 1.807) is 19.4 Å². The summed E-state index contributed by atoms with van der Waals surface area (Å²) in [5.74, 6) is 0.674. The molecule has 5 heterocycles. The number of pyridine rings is 1. The summed E-state index contributed by atoms with van der Waals surface area (Å²) >= 11 is 0. The van der Waals surface area contributed by atoms with Gasteiger partial charge in [0, 0.05) is 75.5 Å². The number of amides is 1. The quantitative estimate of drug-likeness (QED) is 0.313. The summed E-state index contributed by atoms with van der Waals surface area (Å²) < 4.78 is 11.7. The number of nitrogens with one attached hydrogen (secondary N) is 2. The molecule has 7 rings (SSSR count). The molecule has 0 bridgehead atoms. The van der Waals surface area contributed by atoms with Crippen LogP contribution < -0.4 is 26.0 Å². The molecular formula is C35H47N9O3. The van der Waals surface area contributed by atoms with E-state index >= 15 is 0 Å². The number of likely N-dealkylation sites (N-methyl/N-ethyl adjacent to an activating group) is 1. The predicted octanol–water partition coefficient (Wildman–Crippen LogP) is 4.04. The van der Waals surface area contributed by atoms with Gasteiger partial charge in [0.15, 0.2) is 17.3 Å². The molecule has 1 amide bonds. The Hall–Kier alpha value is -4.00. The molecule has 1 unspecified atom stereocenters. The van der Waals surface area contributed by atoms with Crippen LogP contribution in [0.4, 0.5) is 23.0 Å². The van der Waals surface area contributed by atoms with E-state index < -0.39 is 5.91 Å². The molecule has 2 aromatic heterocycles. The summed E-state index contributed by atoms with van der Waals surface area (Å²) in [4.78, 5) is 34.7. The minimum atomic E-state index is -0.678. The zero-order chi connectivity index (χ0) is 32.5. The van der Waals surface area contributed by atoms with Crippen molar-refractivity contribution < 1.29 is 14.3 Å². The average Bonchev–Trinajstić information content (AvgIpc) is 3.83. The van der Waals surface area contributed by atoms with Crippen molar-refractivity contribution in [3.05, 3.63) is 47.8 Å². The van der Waals surface area contributed by atoms with E-state index in [0.29, 0.717) is 41.4 Å². The molecule has 1 aromatic carbocycles. The van der Waals surface area contributed by atoms with E-state index in [4.69, 9.17) is 25.2 Å². The second kappa shape index (κ2) is 13.2. The van der Waals surface area contributed by atoms with Crippen molar-refractivity contribution in [2.75, 3.05) is 75.6 Å². The van der Waals surface area contributed by atoms with Crippen molar-refractivity contribution in [3.63, 3.8) is 0 Å². The van der Waals surface area contributed by atoms with Crippen LogP contribution in [-0.4, -0.2) is 108 Å². The first kappa shape index (κ1) is 31.6. The fourth-order valence-electron chi connectivity index (χ4n) is 7.41. The van der Waals surface area contributed by atoms with E-state index in [-0.39, 0.29) is 17.3 Å². The van der Waals surface area contributed by atoms with E-state index in [2.05, 4.69) is 56.4 Å². The van der Waals surface area contributed by atoms with Crippen LogP contribution in [0.2, 0.25) is 0 Å². The number of carbonyl (C=O) groups excluding carboxylic acids is 1. The van der Waals surface area contributed by atoms with Crippen LogP contribution in [0.15, 0.2) is 36.5 Å². The maximum absolute atomic E-state index is 12.8. The Balaban J connectivity index is 1.13. The number of piperazine rings is 1. The van der Waals surface area contributed by atoms with Crippen molar-refractivity contribution >= 4 is 28.9 Å². The Labute approximate surface area is 277 Å². The summed E-state index contributed by atoms with van der Waals surface area (Å²) in [5.41, 5.74) is 10.0. The lowest BCUT2D eigenvalue weighted by Crippen LogP contribution is -2.52. The van der Waals surface area contributed by atoms with E-state index in [1.807, 2.05) is 12.1 Å². The van der Waals surface area contributed by atoms with Crippen molar-refractivity contribution in [2.45, 2.75) is 63.1 Å². The molecule has 1 aliphatic carbocycles. The van der Waals surface area contributed by atoms with Gasteiger partial charge in [-0.2, -0.15) is 0 Å². The first-order valence-electron chi connectivity index (χ1n) is 17.0. The third kappa shape index (κ3) is 6.86. The Morgan fingerprint density at radius 2 is 1.81 bits per heavy atom. The molecule has 1 saturated carbocycles. The highest BCUT2D eigenvalue weighted by molar-refractivity contribution is 5.97. The topological polar surface area (TPSA) is 134 Å². The van der Waals surface area contributed by atoms with Gasteiger partial charge in [0.05, 0.1) is 12.7 Å². The van der Waals surface area contributed by atoms with Gasteiger partial charge in [0.1, 0.15) is 17.1 Å². The smallest absolute Gasteiger partial charge is 0.271 e. The van der Waals surface area contributed by atoms with Crippen molar-refractivity contribution in [3.8, 4) is 17.1 Å². The number of ether oxygens (including phenoxy) is 2. The van der Waals surface area contributed by atoms with Crippen LogP contribution in [0.25, 0.3) is 11.4 Å². The van der Waals surface area contributed by atoms with Crippen molar-refractivity contribution in [1.82, 2.24) is 24.8 Å². The SMILES string of the molecule is COc1cccnc1-c1nc(C(N)=O)c(Nc2ccc(N3CCC(N4CCN(C)CC4)CC3)c(C)c2)nc1NC1CCOC2(CC2)C1. The fraction of sp³-hybridized carbons (Fsp3) is 0.543. The lowest BCUT2D eigenvalue weighted by atomic mass is 10.0. The number of primary amides is 1. The molecule has 3 aromatic rings. The number of methoxy groups -OCH3 is 1. The Bertz CT molecular complexity index is 1600. The standard InChI is InChI=1S/C35H47N9O3/c1-23-21-24(6-7-27(23)44-14-8-26(9-15-44)43-18-16-42(2)17-19-43)38-34-31(32(36)45)40-30(29-28(46-3)5-4-13-37-29)33(41-34)39-25-10-20-47-35(22-25)11-12-35/h4-7,13,21,25-26H,8-12,14-20,22H2,1-3H3,(H2,36,45)(H2,38,39,41). The predicted molar refractivity (Wildman–Crippen MR) is 184 cm³/mol. The number of aryl methyl sites for hydroxylation is 1. The summed E-state index contributed by atoms with van der Waals surface area (Å²) in [6, 6.07) is 10.7. The summed E-state index contributed by atoms with van der Waals surface area (Å²) in [6.45, 7) is 9.56. The third-order valence-electron chi connectivity index (χ3n) is 10.3. The first-order valence-corrected chi connectivity index (χ1v) is 17.0. The fourth-order valence-corrected chi connectivity index (χ4v) is 7.41. The number of nitrogens with zero attached hydrogens (tertiary/aromatic N) is 6. The normalized spacial score (nSPS) is 21.9. The van der Waals surface area contributed by atoms with Gasteiger partial charge in [-0.25, -0.2) is 9.97 Å². The maximum atomic E-state index is 12.8. The van der Waals surface area contributed by atoms with Crippen LogP contribution in [0.3, 0.4) is 0 Å². The van der Waals surface area contributed by atoms with Gasteiger partial charge in [0.2, 0.25) is 0 Å². The number of rotatable bonds is 9. The Morgan fingerprint density at radius 3 is 2.51 bits per heavy atom. The average molecular weight is 642 g/mol. The number of anilines is 4. The van der Waals surface area contributed by atoms with Crippen molar-refractivity contribution in [1.29, 1.82) is 0 Å². The van der Waals surface area contributed by atoms with Gasteiger partial charge in [-0.15, -0.1) is 0 Å². The number of nitrogens with two attached hydrogens (primary N) is 1. The van der Waals surface area contributed by atoms with Crippen LogP contribution in [0.5, 0.6) is 5.75 Å². The van der Waals surface area contributed by atoms with E-state index in [9.17, 15) is 4.79 Å². The largest absolute Gasteiger partial charge is 0.494 e. The van der Waals surface area contributed by atoms with Crippen LogP contribution >= 0.6 is 0 Å². The molecular weight excluding hydrogens is 594 g/mol. The molecule has 4 aliphatic rings. The number of benzene rings is 1. The number of hydrogen-bond donors (Lipinski definition) is 3. The second-order valence-electron chi connectivity index (χ2n) is 13.6. The zero-order valence-corrected chi connectivity index (χ0v) is 27.8. The minimum Gasteiger partial charge on any atom is -0.494 e. The van der Waals surface area contributed by atoms with Crippen LogP contribution in [0.1, 0.15) is 54.6 Å². The van der Waals surface area contributed by atoms with Crippen molar-refractivity contribution in [2.24, 2.45) is 5.73 Å². The van der Waals surface area contributed by atoms with Gasteiger partial charge < -0.3 is 35.6 Å². The van der Waals surface area contributed by atoms with Gasteiger partial charge in [0.25, 0.3) is 5.91 Å². The minimum absolute atomic E-state index is 0.0282. The van der Waals surface area contributed by atoms with Gasteiger partial charge in [-0.3, -0.25) is 14.7 Å². The zero-order valence-electron chi connectivity index (χ0n) is 27.8. The number of aromatic nitrogens is 3. The highest BCUT2D eigenvalue weighted by Crippen LogP contribution is 2.47. The number of carbonyl (C=O) groups is 1. The molecule has 4 fully saturated rings. The molecule has 0 radical (unpaired) electrons. The highest BCUT2D eigenvalue weighted by atomic mass is 16.5. The summed E-state index contributed by atoms with van der Waals surface area (Å²) in [7, 11) is 3.80. The Kier molecular flexibility index (Phi) is 8.91. The van der Waals surface area contributed by atoms with E-state index in [1.165, 1.54) is 31.6 Å². The molecule has 1 spiro atoms. The lowest BCUT2D eigenvalue weighted by molar-refractivity contribution is -0.00884. The Morgan fingerprint density at radius 1 is 1.02 bits per heavy atom. The molecule has 4 N–H and O–H groups in total. The number of piperidine rings is 1. The maximum Gasteiger partial charge on any atom is 0.271 e. The first-order chi connectivity index (χ1) is 22.8. The summed E-state index contributed by atoms with van der Waals surface area (Å²) in [5, 5.41) is 7.00. The molecule has 12 heteroatoms. The van der Waals surface area contributed by atoms with Gasteiger partial charge in [-0.05, 0) is 88.4 Å².